The Bertz CT molecular complexity index is 137. The average Bonchev–Trinajstić information content (AvgIpc) is 1.19. The molecular formula is C3H11ClNNaO4S. The molecule has 0 unspecified atom stereocenters. The molecule has 0 aliphatic carbocycles. The van der Waals surface area contributed by atoms with Crippen molar-refractivity contribution in [3.05, 3.63) is 0 Å². The SMILES string of the molecule is CN(C)C.Cl.O=S(=O)([O-])O.[Na+]. The minimum Gasteiger partial charge on any atom is -0.726 e. The molecule has 0 aromatic rings. The maximum absolute atomic E-state index is 8.63. The predicted molar refractivity (Wildman–Crippen MR) is 39.2 cm³/mol. The van der Waals surface area contributed by atoms with E-state index in [4.69, 9.17) is 17.5 Å². The zero-order valence-corrected chi connectivity index (χ0v) is 10.6. The maximum Gasteiger partial charge on any atom is 1.00 e. The largest absolute Gasteiger partial charge is 1.00 e. The van der Waals surface area contributed by atoms with Gasteiger partial charge in [0.2, 0.25) is 10.4 Å². The molecule has 66 valence electrons. The molecule has 0 aliphatic heterocycles. The molecule has 0 fully saturated rings. The zero-order chi connectivity index (χ0) is 8.08. The van der Waals surface area contributed by atoms with E-state index in [-0.39, 0.29) is 42.0 Å². The Morgan fingerprint density at radius 2 is 1.27 bits per heavy atom. The Hall–Kier alpha value is 1.12. The number of rotatable bonds is 0. The summed E-state index contributed by atoms with van der Waals surface area (Å²) in [5, 5.41) is 0. The van der Waals surface area contributed by atoms with Crippen molar-refractivity contribution in [2.24, 2.45) is 0 Å². The molecule has 0 aromatic heterocycles. The first-order valence-corrected chi connectivity index (χ1v) is 3.39. The van der Waals surface area contributed by atoms with E-state index < -0.39 is 10.4 Å². The molecule has 0 spiro atoms. The minimum absolute atomic E-state index is 0. The van der Waals surface area contributed by atoms with Crippen LogP contribution >= 0.6 is 12.4 Å². The van der Waals surface area contributed by atoms with Crippen LogP contribution in [-0.4, -0.2) is 43.6 Å². The Kier molecular flexibility index (Phi) is 23.0. The summed E-state index contributed by atoms with van der Waals surface area (Å²) in [6, 6.07) is 0. The fourth-order valence-corrected chi connectivity index (χ4v) is 0. The summed E-state index contributed by atoms with van der Waals surface area (Å²) in [6.07, 6.45) is 0. The molecule has 11 heavy (non-hydrogen) atoms. The topological polar surface area (TPSA) is 80.7 Å². The molecule has 0 heterocycles. The van der Waals surface area contributed by atoms with Gasteiger partial charge < -0.3 is 9.45 Å². The van der Waals surface area contributed by atoms with Crippen molar-refractivity contribution in [1.29, 1.82) is 0 Å². The van der Waals surface area contributed by atoms with Crippen LogP contribution < -0.4 is 29.6 Å². The van der Waals surface area contributed by atoms with Gasteiger partial charge in [0, 0.05) is 0 Å². The van der Waals surface area contributed by atoms with Gasteiger partial charge in [-0.25, -0.2) is 8.42 Å². The average molecular weight is 216 g/mol. The van der Waals surface area contributed by atoms with E-state index in [0.717, 1.165) is 0 Å². The second kappa shape index (κ2) is 11.1. The third-order valence-corrected chi connectivity index (χ3v) is 0. The summed E-state index contributed by atoms with van der Waals surface area (Å²) >= 11 is 0. The molecule has 1 N–H and O–H groups in total. The van der Waals surface area contributed by atoms with Crippen LogP contribution in [0.3, 0.4) is 0 Å². The van der Waals surface area contributed by atoms with Crippen molar-refractivity contribution < 1.29 is 47.1 Å². The van der Waals surface area contributed by atoms with Crippen LogP contribution in [0.1, 0.15) is 0 Å². The molecule has 0 radical (unpaired) electrons. The summed E-state index contributed by atoms with van der Waals surface area (Å²) in [6.45, 7) is 0. The summed E-state index contributed by atoms with van der Waals surface area (Å²) in [4.78, 5) is 2.00. The van der Waals surface area contributed by atoms with Gasteiger partial charge in [-0.1, -0.05) is 0 Å². The molecule has 0 aromatic carbocycles. The van der Waals surface area contributed by atoms with E-state index in [1.807, 2.05) is 26.0 Å². The smallest absolute Gasteiger partial charge is 0.726 e. The van der Waals surface area contributed by atoms with Crippen molar-refractivity contribution in [2.45, 2.75) is 0 Å². The molecule has 0 atom stereocenters. The fourth-order valence-electron chi connectivity index (χ4n) is 0. The first kappa shape index (κ1) is 22.7. The van der Waals surface area contributed by atoms with E-state index in [0.29, 0.717) is 0 Å². The molecular weight excluding hydrogens is 205 g/mol. The first-order chi connectivity index (χ1) is 3.73. The molecule has 0 saturated carbocycles. The third-order valence-electron chi connectivity index (χ3n) is 0. The standard InChI is InChI=1S/C3H9N.ClH.Na.H2O4S/c1-4(2)3;;;1-5(2,3)4/h1-3H3;1H;;(H2,1,2,3,4)/q;;+1;/p-1. The van der Waals surface area contributed by atoms with Crippen molar-refractivity contribution in [1.82, 2.24) is 4.90 Å². The van der Waals surface area contributed by atoms with Gasteiger partial charge in [0.15, 0.2) is 0 Å². The quantitative estimate of drug-likeness (QED) is 0.259. The van der Waals surface area contributed by atoms with Crippen LogP contribution in [0.2, 0.25) is 0 Å². The maximum atomic E-state index is 8.63. The van der Waals surface area contributed by atoms with Crippen LogP contribution in [0, 0.1) is 0 Å². The number of nitrogens with zero attached hydrogens (tertiary/aromatic N) is 1. The Labute approximate surface area is 95.4 Å². The van der Waals surface area contributed by atoms with Crippen molar-refractivity contribution >= 4 is 22.8 Å². The van der Waals surface area contributed by atoms with Gasteiger partial charge in [-0.2, -0.15) is 0 Å². The molecule has 0 amide bonds. The Morgan fingerprint density at radius 1 is 1.27 bits per heavy atom. The Balaban J connectivity index is -0.0000000383. The molecule has 8 heteroatoms. The van der Waals surface area contributed by atoms with Crippen LogP contribution in [-0.2, 0) is 10.4 Å². The van der Waals surface area contributed by atoms with E-state index in [1.165, 1.54) is 0 Å². The number of halogens is 1. The zero-order valence-electron chi connectivity index (χ0n) is 6.94. The van der Waals surface area contributed by atoms with Gasteiger partial charge in [-0.15, -0.1) is 12.4 Å². The Morgan fingerprint density at radius 3 is 1.27 bits per heavy atom. The van der Waals surface area contributed by atoms with Gasteiger partial charge in [0.1, 0.15) is 0 Å². The van der Waals surface area contributed by atoms with E-state index in [2.05, 4.69) is 0 Å². The summed E-state index contributed by atoms with van der Waals surface area (Å²) in [5.74, 6) is 0. The van der Waals surface area contributed by atoms with Crippen molar-refractivity contribution in [3.8, 4) is 0 Å². The summed E-state index contributed by atoms with van der Waals surface area (Å²) in [5.41, 5.74) is 0. The van der Waals surface area contributed by atoms with Gasteiger partial charge in [0.05, 0.1) is 0 Å². The second-order valence-corrected chi connectivity index (χ2v) is 2.62. The van der Waals surface area contributed by atoms with Crippen LogP contribution in [0.25, 0.3) is 0 Å². The van der Waals surface area contributed by atoms with E-state index >= 15 is 0 Å². The molecule has 0 saturated heterocycles. The van der Waals surface area contributed by atoms with Gasteiger partial charge in [-0.3, -0.25) is 4.55 Å². The summed E-state index contributed by atoms with van der Waals surface area (Å²) in [7, 11) is 1.08. The van der Waals surface area contributed by atoms with Gasteiger partial charge in [0.25, 0.3) is 0 Å². The molecule has 0 rings (SSSR count). The number of hydrogen-bond acceptors (Lipinski definition) is 4. The molecule has 0 bridgehead atoms. The normalized spacial score (nSPS) is 8.55. The van der Waals surface area contributed by atoms with E-state index in [1.54, 1.807) is 0 Å². The molecule has 5 nitrogen and oxygen atoms in total. The minimum atomic E-state index is -4.92. The van der Waals surface area contributed by atoms with Crippen molar-refractivity contribution in [2.75, 3.05) is 21.1 Å². The van der Waals surface area contributed by atoms with Crippen molar-refractivity contribution in [3.63, 3.8) is 0 Å². The number of hydrogen-bond donors (Lipinski definition) is 1. The predicted octanol–water partition coefficient (Wildman–Crippen LogP) is -3.39. The van der Waals surface area contributed by atoms with Crippen LogP contribution in [0.15, 0.2) is 0 Å². The third kappa shape index (κ3) is 737. The van der Waals surface area contributed by atoms with E-state index in [9.17, 15) is 0 Å². The van der Waals surface area contributed by atoms with Gasteiger partial charge in [-0.05, 0) is 21.1 Å². The van der Waals surface area contributed by atoms with Crippen LogP contribution in [0.4, 0.5) is 0 Å². The van der Waals surface area contributed by atoms with Crippen LogP contribution in [0.5, 0.6) is 0 Å². The van der Waals surface area contributed by atoms with Gasteiger partial charge >= 0.3 is 29.6 Å². The second-order valence-electron chi connectivity index (χ2n) is 1.77. The molecule has 0 aliphatic rings. The summed E-state index contributed by atoms with van der Waals surface area (Å²) < 4.78 is 32.8. The first-order valence-electron chi connectivity index (χ1n) is 2.02. The fraction of sp³-hybridized carbons (Fsp3) is 1.00. The monoisotopic (exact) mass is 215 g/mol.